The lowest BCUT2D eigenvalue weighted by Crippen LogP contribution is -2.50. The Morgan fingerprint density at radius 2 is 2.19 bits per heavy atom. The van der Waals surface area contributed by atoms with E-state index in [1.54, 1.807) is 12.3 Å². The smallest absolute Gasteiger partial charge is 0.312 e. The normalized spacial score (nSPS) is 23.7. The van der Waals surface area contributed by atoms with E-state index < -0.39 is 11.2 Å². The molecule has 4 heterocycles. The van der Waals surface area contributed by atoms with E-state index in [0.717, 1.165) is 18.7 Å². The zero-order chi connectivity index (χ0) is 25.3. The van der Waals surface area contributed by atoms with Gasteiger partial charge in [0.15, 0.2) is 5.13 Å². The molecule has 1 N–H and O–H groups in total. The number of fused-ring (bicyclic) bond motifs is 1. The lowest BCUT2D eigenvalue weighted by molar-refractivity contribution is -0.157. The van der Waals surface area contributed by atoms with Gasteiger partial charge in [-0.3, -0.25) is 9.69 Å². The van der Waals surface area contributed by atoms with Gasteiger partial charge in [0, 0.05) is 42.6 Å². The van der Waals surface area contributed by atoms with Crippen molar-refractivity contribution in [2.24, 2.45) is 5.41 Å². The van der Waals surface area contributed by atoms with Crippen molar-refractivity contribution in [2.45, 2.75) is 58.2 Å². The molecule has 2 aliphatic heterocycles. The highest BCUT2D eigenvalue weighted by molar-refractivity contribution is 7.13. The van der Waals surface area contributed by atoms with Crippen LogP contribution in [0.4, 0.5) is 15.3 Å². The number of pyridine rings is 1. The van der Waals surface area contributed by atoms with E-state index in [1.807, 2.05) is 17.5 Å². The summed E-state index contributed by atoms with van der Waals surface area (Å²) in [7, 11) is 1.40. The number of thiazole rings is 1. The minimum absolute atomic E-state index is 0.105. The molecule has 0 spiro atoms. The molecular formula is C27H31FN4O3S. The van der Waals surface area contributed by atoms with E-state index in [4.69, 9.17) is 9.47 Å². The van der Waals surface area contributed by atoms with Gasteiger partial charge < -0.3 is 14.8 Å². The Morgan fingerprint density at radius 1 is 1.33 bits per heavy atom. The first-order valence-electron chi connectivity index (χ1n) is 12.3. The predicted molar refractivity (Wildman–Crippen MR) is 137 cm³/mol. The minimum atomic E-state index is -0.839. The number of carbonyl (C=O) groups is 1. The van der Waals surface area contributed by atoms with E-state index in [0.29, 0.717) is 30.3 Å². The van der Waals surface area contributed by atoms with Gasteiger partial charge in [0.1, 0.15) is 23.5 Å². The summed E-state index contributed by atoms with van der Waals surface area (Å²) in [5.74, 6) is 0.742. The van der Waals surface area contributed by atoms with Crippen LogP contribution in [0, 0.1) is 11.2 Å². The van der Waals surface area contributed by atoms with Gasteiger partial charge >= 0.3 is 5.97 Å². The molecule has 5 rings (SSSR count). The third kappa shape index (κ3) is 4.95. The fraction of sp³-hybridized carbons (Fsp3) is 0.444. The molecule has 3 aromatic rings. The van der Waals surface area contributed by atoms with Crippen LogP contribution in [0.25, 0.3) is 0 Å². The number of benzene rings is 1. The second kappa shape index (κ2) is 10.1. The molecule has 1 saturated heterocycles. The summed E-state index contributed by atoms with van der Waals surface area (Å²) < 4.78 is 26.1. The zero-order valence-electron chi connectivity index (χ0n) is 20.8. The average molecular weight is 511 g/mol. The van der Waals surface area contributed by atoms with Crippen molar-refractivity contribution in [1.29, 1.82) is 0 Å². The van der Waals surface area contributed by atoms with Crippen LogP contribution in [0.15, 0.2) is 41.9 Å². The number of nitrogens with zero attached hydrogens (tertiary/aromatic N) is 3. The molecule has 0 amide bonds. The fourth-order valence-electron chi connectivity index (χ4n) is 5.50. The predicted octanol–water partition coefficient (Wildman–Crippen LogP) is 5.13. The summed E-state index contributed by atoms with van der Waals surface area (Å²) >= 11 is 1.44. The molecule has 2 aliphatic rings. The standard InChI is InChI=1S/C27H31FN4O3S/c1-17-14-27(25(33)34-3,15-22-21(28)7-8-24(30-22)31-26-29-10-12-36-26)9-11-32(17)16-19-5-4-6-23-20(19)13-18(2)35-23/h4-8,10,12,17-18H,9,11,13-16H2,1-3H3,(H,29,30,31). The number of ether oxygens (including phenoxy) is 2. The summed E-state index contributed by atoms with van der Waals surface area (Å²) in [4.78, 5) is 24.2. The van der Waals surface area contributed by atoms with Crippen LogP contribution in [0.2, 0.25) is 0 Å². The Labute approximate surface area is 214 Å². The topological polar surface area (TPSA) is 76.6 Å². The van der Waals surface area contributed by atoms with Crippen molar-refractivity contribution in [2.75, 3.05) is 19.0 Å². The fourth-order valence-corrected chi connectivity index (χ4v) is 6.04. The number of methoxy groups -OCH3 is 1. The molecule has 0 aliphatic carbocycles. The average Bonchev–Trinajstić information content (AvgIpc) is 3.51. The van der Waals surface area contributed by atoms with Crippen molar-refractivity contribution >= 4 is 28.3 Å². The highest BCUT2D eigenvalue weighted by atomic mass is 32.1. The van der Waals surface area contributed by atoms with Crippen LogP contribution in [0.3, 0.4) is 0 Å². The number of esters is 1. The molecule has 1 fully saturated rings. The number of hydrogen-bond acceptors (Lipinski definition) is 8. The van der Waals surface area contributed by atoms with Crippen LogP contribution >= 0.6 is 11.3 Å². The van der Waals surface area contributed by atoms with Gasteiger partial charge in [0.2, 0.25) is 0 Å². The maximum atomic E-state index is 14.9. The van der Waals surface area contributed by atoms with Crippen LogP contribution < -0.4 is 10.1 Å². The Hall–Kier alpha value is -3.04. The highest BCUT2D eigenvalue weighted by Crippen LogP contribution is 2.41. The van der Waals surface area contributed by atoms with E-state index in [1.165, 1.54) is 35.6 Å². The molecule has 1 aromatic carbocycles. The van der Waals surface area contributed by atoms with Crippen LogP contribution in [-0.2, 0) is 28.9 Å². The van der Waals surface area contributed by atoms with Gasteiger partial charge in [-0.05, 0) is 57.0 Å². The molecule has 0 saturated carbocycles. The van der Waals surface area contributed by atoms with Crippen molar-refractivity contribution in [1.82, 2.24) is 14.9 Å². The van der Waals surface area contributed by atoms with Crippen LogP contribution in [0.5, 0.6) is 5.75 Å². The number of aromatic nitrogens is 2. The Balaban J connectivity index is 1.34. The maximum absolute atomic E-state index is 14.9. The molecule has 7 nitrogen and oxygen atoms in total. The van der Waals surface area contributed by atoms with Gasteiger partial charge in [-0.15, -0.1) is 11.3 Å². The van der Waals surface area contributed by atoms with Gasteiger partial charge in [0.25, 0.3) is 0 Å². The number of hydrogen-bond donors (Lipinski definition) is 1. The second-order valence-electron chi connectivity index (χ2n) is 9.84. The van der Waals surface area contributed by atoms with Gasteiger partial charge in [-0.2, -0.15) is 0 Å². The first kappa shape index (κ1) is 24.6. The molecule has 0 bridgehead atoms. The lowest BCUT2D eigenvalue weighted by Gasteiger charge is -2.44. The first-order valence-corrected chi connectivity index (χ1v) is 13.2. The number of halogens is 1. The molecule has 190 valence electrons. The van der Waals surface area contributed by atoms with Crippen LogP contribution in [0.1, 0.15) is 43.5 Å². The number of piperidine rings is 1. The highest BCUT2D eigenvalue weighted by Gasteiger charge is 2.46. The third-order valence-electron chi connectivity index (χ3n) is 7.32. The Morgan fingerprint density at radius 3 is 2.94 bits per heavy atom. The van der Waals surface area contributed by atoms with Crippen molar-refractivity contribution in [3.8, 4) is 5.75 Å². The van der Waals surface area contributed by atoms with E-state index >= 15 is 0 Å². The summed E-state index contributed by atoms with van der Waals surface area (Å²) in [5, 5.41) is 5.64. The lowest BCUT2D eigenvalue weighted by atomic mass is 9.72. The minimum Gasteiger partial charge on any atom is -0.490 e. The van der Waals surface area contributed by atoms with Crippen molar-refractivity contribution < 1.29 is 18.7 Å². The van der Waals surface area contributed by atoms with E-state index in [-0.39, 0.29) is 30.2 Å². The number of anilines is 2. The zero-order valence-corrected chi connectivity index (χ0v) is 21.6. The van der Waals surface area contributed by atoms with Gasteiger partial charge in [-0.1, -0.05) is 12.1 Å². The van der Waals surface area contributed by atoms with Crippen molar-refractivity contribution in [3.05, 3.63) is 64.5 Å². The third-order valence-corrected chi connectivity index (χ3v) is 8.01. The molecular weight excluding hydrogens is 479 g/mol. The summed E-state index contributed by atoms with van der Waals surface area (Å²) in [6.45, 7) is 5.71. The van der Waals surface area contributed by atoms with E-state index in [2.05, 4.69) is 40.1 Å². The number of carbonyl (C=O) groups excluding carboxylic acids is 1. The van der Waals surface area contributed by atoms with Crippen molar-refractivity contribution in [3.63, 3.8) is 0 Å². The molecule has 0 radical (unpaired) electrons. The maximum Gasteiger partial charge on any atom is 0.312 e. The molecule has 9 heteroatoms. The number of nitrogens with one attached hydrogen (secondary N) is 1. The number of rotatable bonds is 7. The molecule has 36 heavy (non-hydrogen) atoms. The summed E-state index contributed by atoms with van der Waals surface area (Å²) in [5.41, 5.74) is 1.96. The molecule has 3 atom stereocenters. The first-order chi connectivity index (χ1) is 17.4. The summed E-state index contributed by atoms with van der Waals surface area (Å²) in [6.07, 6.45) is 4.11. The SMILES string of the molecule is COC(=O)C1(Cc2nc(Nc3nccs3)ccc2F)CCN(Cc2cccc3c2CC(C)O3)C(C)C1. The second-order valence-corrected chi connectivity index (χ2v) is 10.7. The molecule has 2 aromatic heterocycles. The quantitative estimate of drug-likeness (QED) is 0.442. The van der Waals surface area contributed by atoms with Crippen LogP contribution in [-0.4, -0.2) is 46.6 Å². The monoisotopic (exact) mass is 510 g/mol. The van der Waals surface area contributed by atoms with E-state index in [9.17, 15) is 9.18 Å². The molecule has 3 unspecified atom stereocenters. The Kier molecular flexibility index (Phi) is 6.94. The Bertz CT molecular complexity index is 1240. The van der Waals surface area contributed by atoms with Gasteiger partial charge in [-0.25, -0.2) is 14.4 Å². The van der Waals surface area contributed by atoms with Gasteiger partial charge in [0.05, 0.1) is 18.2 Å². The largest absolute Gasteiger partial charge is 0.490 e. The number of likely N-dealkylation sites (tertiary alicyclic amines) is 1. The summed E-state index contributed by atoms with van der Waals surface area (Å²) in [6, 6.07) is 9.31.